The molecule has 4 aromatic rings. The summed E-state index contributed by atoms with van der Waals surface area (Å²) in [6, 6.07) is 14.6. The molecule has 0 aliphatic carbocycles. The van der Waals surface area contributed by atoms with Gasteiger partial charge in [0.15, 0.2) is 12.4 Å². The second-order valence-corrected chi connectivity index (χ2v) is 9.13. The largest absolute Gasteiger partial charge is 0.470 e. The Morgan fingerprint density at radius 2 is 1.85 bits per heavy atom. The first-order valence-electron chi connectivity index (χ1n) is 10.0. The average molecular weight is 549 g/mol. The highest BCUT2D eigenvalue weighted by molar-refractivity contribution is 9.10. The summed E-state index contributed by atoms with van der Waals surface area (Å²) in [5, 5.41) is 13.0. The van der Waals surface area contributed by atoms with Crippen molar-refractivity contribution in [2.75, 3.05) is 5.32 Å². The SMILES string of the molecule is Cc1nn(Cc2ccc(Cl)cc2)c(C)c1NC(=O)c1ccn(COc2ccc(Br)cc2Cl)n1. The summed E-state index contributed by atoms with van der Waals surface area (Å²) in [6.07, 6.45) is 1.67. The molecule has 10 heteroatoms. The maximum atomic E-state index is 12.8. The molecule has 2 aromatic carbocycles. The van der Waals surface area contributed by atoms with Gasteiger partial charge in [0.25, 0.3) is 5.91 Å². The Kier molecular flexibility index (Phi) is 7.07. The molecule has 0 aliphatic rings. The van der Waals surface area contributed by atoms with Crippen LogP contribution in [0.1, 0.15) is 27.4 Å². The Balaban J connectivity index is 1.42. The Bertz CT molecular complexity index is 1300. The van der Waals surface area contributed by atoms with Crippen molar-refractivity contribution in [2.24, 2.45) is 0 Å². The van der Waals surface area contributed by atoms with E-state index in [9.17, 15) is 4.79 Å². The number of carbonyl (C=O) groups is 1. The van der Waals surface area contributed by atoms with E-state index in [-0.39, 0.29) is 18.3 Å². The number of hydrogen-bond acceptors (Lipinski definition) is 4. The molecule has 1 amide bonds. The molecule has 2 aromatic heterocycles. The topological polar surface area (TPSA) is 74.0 Å². The minimum atomic E-state index is -0.326. The number of halogens is 3. The molecule has 0 saturated heterocycles. The van der Waals surface area contributed by atoms with Gasteiger partial charge in [-0.3, -0.25) is 9.48 Å². The molecule has 0 bridgehead atoms. The average Bonchev–Trinajstić information content (AvgIpc) is 3.35. The van der Waals surface area contributed by atoms with Crippen molar-refractivity contribution in [3.8, 4) is 5.75 Å². The van der Waals surface area contributed by atoms with Gasteiger partial charge in [-0.1, -0.05) is 51.3 Å². The molecule has 33 heavy (non-hydrogen) atoms. The molecule has 0 radical (unpaired) electrons. The lowest BCUT2D eigenvalue weighted by Crippen LogP contribution is -2.15. The first kappa shape index (κ1) is 23.4. The summed E-state index contributed by atoms with van der Waals surface area (Å²) >= 11 is 15.5. The van der Waals surface area contributed by atoms with Crippen molar-refractivity contribution in [2.45, 2.75) is 27.1 Å². The first-order valence-corrected chi connectivity index (χ1v) is 11.6. The Morgan fingerprint density at radius 3 is 2.58 bits per heavy atom. The Morgan fingerprint density at radius 1 is 1.09 bits per heavy atom. The molecule has 4 rings (SSSR count). The Labute approximate surface area is 209 Å². The number of carbonyl (C=O) groups excluding carboxylic acids is 1. The van der Waals surface area contributed by atoms with Gasteiger partial charge >= 0.3 is 0 Å². The van der Waals surface area contributed by atoms with Gasteiger partial charge in [-0.25, -0.2) is 4.68 Å². The van der Waals surface area contributed by atoms with E-state index in [1.54, 1.807) is 24.4 Å². The fraction of sp³-hybridized carbons (Fsp3) is 0.174. The van der Waals surface area contributed by atoms with E-state index in [0.717, 1.165) is 21.4 Å². The third kappa shape index (κ3) is 5.58. The van der Waals surface area contributed by atoms with Crippen LogP contribution in [0.15, 0.2) is 59.2 Å². The lowest BCUT2D eigenvalue weighted by molar-refractivity contribution is 0.102. The van der Waals surface area contributed by atoms with Gasteiger partial charge < -0.3 is 10.1 Å². The zero-order chi connectivity index (χ0) is 23.5. The molecule has 0 saturated carbocycles. The minimum absolute atomic E-state index is 0.117. The highest BCUT2D eigenvalue weighted by Crippen LogP contribution is 2.28. The number of amides is 1. The van der Waals surface area contributed by atoms with Crippen molar-refractivity contribution in [3.05, 3.63) is 91.9 Å². The van der Waals surface area contributed by atoms with Gasteiger partial charge in [-0.15, -0.1) is 0 Å². The summed E-state index contributed by atoms with van der Waals surface area (Å²) < 4.78 is 9.92. The third-order valence-electron chi connectivity index (χ3n) is 4.99. The second kappa shape index (κ2) is 9.99. The number of hydrogen-bond donors (Lipinski definition) is 1. The van der Waals surface area contributed by atoms with Crippen molar-refractivity contribution in [1.82, 2.24) is 19.6 Å². The predicted molar refractivity (Wildman–Crippen MR) is 132 cm³/mol. The fourth-order valence-electron chi connectivity index (χ4n) is 3.25. The van der Waals surface area contributed by atoms with E-state index in [1.165, 1.54) is 4.68 Å². The standard InChI is InChI=1S/C23H20BrCl2N5O2/c1-14-22(15(2)31(28-14)12-16-3-6-18(25)7-4-16)27-23(32)20-9-10-30(29-20)13-33-21-8-5-17(24)11-19(21)26/h3-11H,12-13H2,1-2H3,(H,27,32). The Hall–Kier alpha value is -2.81. The lowest BCUT2D eigenvalue weighted by atomic mass is 10.2. The van der Waals surface area contributed by atoms with Gasteiger partial charge in [0.1, 0.15) is 5.75 Å². The highest BCUT2D eigenvalue weighted by Gasteiger charge is 2.17. The van der Waals surface area contributed by atoms with Gasteiger partial charge in [-0.2, -0.15) is 10.2 Å². The molecule has 0 spiro atoms. The fourth-order valence-corrected chi connectivity index (χ4v) is 4.11. The van der Waals surface area contributed by atoms with Crippen LogP contribution in [0.5, 0.6) is 5.75 Å². The zero-order valence-corrected chi connectivity index (χ0v) is 20.9. The monoisotopic (exact) mass is 547 g/mol. The summed E-state index contributed by atoms with van der Waals surface area (Å²) in [7, 11) is 0. The van der Waals surface area contributed by atoms with E-state index < -0.39 is 0 Å². The van der Waals surface area contributed by atoms with E-state index in [2.05, 4.69) is 31.4 Å². The maximum absolute atomic E-state index is 12.8. The number of anilines is 1. The van der Waals surface area contributed by atoms with Gasteiger partial charge in [-0.05, 0) is 55.8 Å². The van der Waals surface area contributed by atoms with Crippen LogP contribution < -0.4 is 10.1 Å². The quantitative estimate of drug-likeness (QED) is 0.302. The second-order valence-electron chi connectivity index (χ2n) is 7.37. The van der Waals surface area contributed by atoms with Crippen LogP contribution >= 0.6 is 39.1 Å². The normalized spacial score (nSPS) is 10.9. The third-order valence-corrected chi connectivity index (χ3v) is 6.03. The number of aromatic nitrogens is 4. The van der Waals surface area contributed by atoms with E-state index >= 15 is 0 Å². The molecule has 0 aliphatic heterocycles. The minimum Gasteiger partial charge on any atom is -0.470 e. The van der Waals surface area contributed by atoms with Crippen LogP contribution in [0.4, 0.5) is 5.69 Å². The summed E-state index contributed by atoms with van der Waals surface area (Å²) in [5.74, 6) is 0.202. The number of rotatable bonds is 7. The van der Waals surface area contributed by atoms with Crippen LogP contribution in [-0.4, -0.2) is 25.5 Å². The molecular formula is C23H20BrCl2N5O2. The van der Waals surface area contributed by atoms with Crippen LogP contribution in [0.25, 0.3) is 0 Å². The zero-order valence-electron chi connectivity index (χ0n) is 17.8. The molecule has 170 valence electrons. The summed E-state index contributed by atoms with van der Waals surface area (Å²) in [5.41, 5.74) is 3.57. The smallest absolute Gasteiger partial charge is 0.276 e. The molecule has 0 fully saturated rings. The van der Waals surface area contributed by atoms with Crippen molar-refractivity contribution < 1.29 is 9.53 Å². The lowest BCUT2D eigenvalue weighted by Gasteiger charge is -2.08. The van der Waals surface area contributed by atoms with Gasteiger partial charge in [0.05, 0.1) is 28.6 Å². The van der Waals surface area contributed by atoms with Crippen molar-refractivity contribution in [1.29, 1.82) is 0 Å². The molecule has 1 N–H and O–H groups in total. The molecule has 0 atom stereocenters. The number of nitrogens with one attached hydrogen (secondary N) is 1. The van der Waals surface area contributed by atoms with Gasteiger partial charge in [0.2, 0.25) is 0 Å². The molecule has 0 unspecified atom stereocenters. The van der Waals surface area contributed by atoms with Crippen molar-refractivity contribution >= 4 is 50.7 Å². The molecule has 2 heterocycles. The van der Waals surface area contributed by atoms with Crippen molar-refractivity contribution in [3.63, 3.8) is 0 Å². The van der Waals surface area contributed by atoms with E-state index in [1.807, 2.05) is 48.9 Å². The van der Waals surface area contributed by atoms with Crippen LogP contribution in [-0.2, 0) is 13.3 Å². The highest BCUT2D eigenvalue weighted by atomic mass is 79.9. The maximum Gasteiger partial charge on any atom is 0.276 e. The van der Waals surface area contributed by atoms with Crippen LogP contribution in [0, 0.1) is 13.8 Å². The number of nitrogens with zero attached hydrogens (tertiary/aromatic N) is 4. The van der Waals surface area contributed by atoms with E-state index in [0.29, 0.717) is 28.0 Å². The number of ether oxygens (including phenoxy) is 1. The van der Waals surface area contributed by atoms with Gasteiger partial charge in [0, 0.05) is 15.7 Å². The summed E-state index contributed by atoms with van der Waals surface area (Å²) in [4.78, 5) is 12.8. The van der Waals surface area contributed by atoms with Crippen LogP contribution in [0.3, 0.4) is 0 Å². The van der Waals surface area contributed by atoms with Crippen LogP contribution in [0.2, 0.25) is 10.0 Å². The predicted octanol–water partition coefficient (Wildman–Crippen LogP) is 6.10. The number of benzene rings is 2. The first-order chi connectivity index (χ1) is 15.8. The molecular weight excluding hydrogens is 529 g/mol. The van der Waals surface area contributed by atoms with E-state index in [4.69, 9.17) is 27.9 Å². The molecule has 7 nitrogen and oxygen atoms in total. The number of aryl methyl sites for hydroxylation is 1. The summed E-state index contributed by atoms with van der Waals surface area (Å²) in [6.45, 7) is 4.46.